The van der Waals surface area contributed by atoms with Gasteiger partial charge in [-0.15, -0.1) is 0 Å². The Hall–Kier alpha value is 0.310. The van der Waals surface area contributed by atoms with Crippen LogP contribution in [-0.2, 0) is 0 Å². The summed E-state index contributed by atoms with van der Waals surface area (Å²) in [7, 11) is 0. The minimum atomic E-state index is 0.569. The zero-order valence-corrected chi connectivity index (χ0v) is 11.6. The first-order chi connectivity index (χ1) is 7.08. The lowest BCUT2D eigenvalue weighted by Gasteiger charge is -2.31. The lowest BCUT2D eigenvalue weighted by Crippen LogP contribution is -2.37. The molecule has 0 amide bonds. The summed E-state index contributed by atoms with van der Waals surface area (Å²) in [5.41, 5.74) is 0.569. The van der Waals surface area contributed by atoms with Gasteiger partial charge in [-0.2, -0.15) is 11.8 Å². The van der Waals surface area contributed by atoms with E-state index in [4.69, 9.17) is 0 Å². The van der Waals surface area contributed by atoms with Crippen LogP contribution in [0.5, 0.6) is 0 Å². The molecule has 0 saturated heterocycles. The van der Waals surface area contributed by atoms with Gasteiger partial charge in [0.2, 0.25) is 0 Å². The van der Waals surface area contributed by atoms with Crippen LogP contribution in [0.3, 0.4) is 0 Å². The van der Waals surface area contributed by atoms with Gasteiger partial charge in [0.1, 0.15) is 0 Å². The maximum Gasteiger partial charge on any atom is 0.00106 e. The first kappa shape index (κ1) is 13.4. The Bertz CT molecular complexity index is 177. The molecule has 15 heavy (non-hydrogen) atoms. The predicted molar refractivity (Wildman–Crippen MR) is 71.6 cm³/mol. The van der Waals surface area contributed by atoms with Crippen molar-refractivity contribution in [1.29, 1.82) is 0 Å². The van der Waals surface area contributed by atoms with Gasteiger partial charge >= 0.3 is 0 Å². The number of hydrogen-bond acceptors (Lipinski definition) is 2. The SMILES string of the molecule is CSCCCC(C)(CNC(C)C)C1CC1. The molecule has 1 rings (SSSR count). The highest BCUT2D eigenvalue weighted by Gasteiger charge is 2.40. The number of nitrogens with one attached hydrogen (secondary N) is 1. The molecule has 0 heterocycles. The molecule has 0 bridgehead atoms. The smallest absolute Gasteiger partial charge is 0.00106 e. The van der Waals surface area contributed by atoms with Crippen molar-refractivity contribution in [2.24, 2.45) is 11.3 Å². The molecular weight excluding hydrogens is 202 g/mol. The Labute approximate surface area is 99.8 Å². The molecule has 0 aromatic heterocycles. The molecule has 0 spiro atoms. The molecule has 90 valence electrons. The molecule has 2 heteroatoms. The molecule has 0 radical (unpaired) electrons. The zero-order valence-electron chi connectivity index (χ0n) is 10.8. The van der Waals surface area contributed by atoms with Gasteiger partial charge in [-0.3, -0.25) is 0 Å². The molecule has 1 fully saturated rings. The monoisotopic (exact) mass is 229 g/mol. The molecule has 0 aromatic rings. The second kappa shape index (κ2) is 6.15. The summed E-state index contributed by atoms with van der Waals surface area (Å²) < 4.78 is 0. The summed E-state index contributed by atoms with van der Waals surface area (Å²) in [5, 5.41) is 3.63. The van der Waals surface area contributed by atoms with Gasteiger partial charge < -0.3 is 5.32 Å². The van der Waals surface area contributed by atoms with Crippen LogP contribution in [0.15, 0.2) is 0 Å². The Morgan fingerprint density at radius 3 is 2.53 bits per heavy atom. The van der Waals surface area contributed by atoms with Crippen LogP contribution in [0.2, 0.25) is 0 Å². The summed E-state index contributed by atoms with van der Waals surface area (Å²) >= 11 is 1.98. The van der Waals surface area contributed by atoms with Crippen molar-refractivity contribution in [3.63, 3.8) is 0 Å². The van der Waals surface area contributed by atoms with Gasteiger partial charge in [0, 0.05) is 12.6 Å². The van der Waals surface area contributed by atoms with Crippen molar-refractivity contribution in [2.45, 2.75) is 52.5 Å². The topological polar surface area (TPSA) is 12.0 Å². The molecule has 1 N–H and O–H groups in total. The highest BCUT2D eigenvalue weighted by atomic mass is 32.2. The molecule has 1 aliphatic rings. The minimum absolute atomic E-state index is 0.569. The fourth-order valence-corrected chi connectivity index (χ4v) is 2.71. The number of hydrogen-bond donors (Lipinski definition) is 1. The molecule has 1 nitrogen and oxygen atoms in total. The Morgan fingerprint density at radius 2 is 2.07 bits per heavy atom. The average Bonchev–Trinajstić information content (AvgIpc) is 2.98. The average molecular weight is 229 g/mol. The maximum absolute atomic E-state index is 3.63. The van der Waals surface area contributed by atoms with Gasteiger partial charge in [-0.1, -0.05) is 20.8 Å². The third-order valence-corrected chi connectivity index (χ3v) is 4.27. The fraction of sp³-hybridized carbons (Fsp3) is 1.00. The predicted octanol–water partition coefficient (Wildman–Crippen LogP) is 3.54. The van der Waals surface area contributed by atoms with Crippen LogP contribution in [0.1, 0.15) is 46.5 Å². The van der Waals surface area contributed by atoms with E-state index in [0.29, 0.717) is 11.5 Å². The van der Waals surface area contributed by atoms with Crippen molar-refractivity contribution in [1.82, 2.24) is 5.32 Å². The van der Waals surface area contributed by atoms with E-state index in [1.165, 1.54) is 38.0 Å². The lowest BCUT2D eigenvalue weighted by atomic mass is 9.80. The Balaban J connectivity index is 2.32. The van der Waals surface area contributed by atoms with E-state index < -0.39 is 0 Å². The van der Waals surface area contributed by atoms with Crippen LogP contribution in [0, 0.1) is 11.3 Å². The van der Waals surface area contributed by atoms with E-state index in [9.17, 15) is 0 Å². The third-order valence-electron chi connectivity index (χ3n) is 3.57. The fourth-order valence-electron chi connectivity index (χ4n) is 2.27. The van der Waals surface area contributed by atoms with Crippen LogP contribution < -0.4 is 5.32 Å². The van der Waals surface area contributed by atoms with Crippen molar-refractivity contribution in [2.75, 3.05) is 18.6 Å². The van der Waals surface area contributed by atoms with Gasteiger partial charge in [0.25, 0.3) is 0 Å². The molecule has 1 saturated carbocycles. The summed E-state index contributed by atoms with van der Waals surface area (Å²) in [4.78, 5) is 0. The summed E-state index contributed by atoms with van der Waals surface area (Å²) in [6, 6.07) is 0.628. The highest BCUT2D eigenvalue weighted by Crippen LogP contribution is 2.47. The summed E-state index contributed by atoms with van der Waals surface area (Å²) in [6.45, 7) is 8.19. The molecular formula is C13H27NS. The molecule has 1 atom stereocenters. The van der Waals surface area contributed by atoms with E-state index in [1.54, 1.807) is 0 Å². The third kappa shape index (κ3) is 4.78. The lowest BCUT2D eigenvalue weighted by molar-refractivity contribution is 0.229. The van der Waals surface area contributed by atoms with E-state index in [0.717, 1.165) is 5.92 Å². The normalized spacial score (nSPS) is 20.6. The Morgan fingerprint density at radius 1 is 1.40 bits per heavy atom. The first-order valence-electron chi connectivity index (χ1n) is 6.31. The maximum atomic E-state index is 3.63. The highest BCUT2D eigenvalue weighted by molar-refractivity contribution is 7.98. The minimum Gasteiger partial charge on any atom is -0.314 e. The van der Waals surface area contributed by atoms with Crippen LogP contribution >= 0.6 is 11.8 Å². The molecule has 0 aliphatic heterocycles. The second-order valence-corrected chi connectivity index (χ2v) is 6.55. The molecule has 1 aliphatic carbocycles. The summed E-state index contributed by atoms with van der Waals surface area (Å²) in [6.07, 6.45) is 7.93. The summed E-state index contributed by atoms with van der Waals surface area (Å²) in [5.74, 6) is 2.33. The Kier molecular flexibility index (Phi) is 5.48. The van der Waals surface area contributed by atoms with Gasteiger partial charge in [0.05, 0.1) is 0 Å². The number of rotatable bonds is 8. The van der Waals surface area contributed by atoms with Gasteiger partial charge in [-0.25, -0.2) is 0 Å². The second-order valence-electron chi connectivity index (χ2n) is 5.56. The van der Waals surface area contributed by atoms with Crippen molar-refractivity contribution in [3.8, 4) is 0 Å². The van der Waals surface area contributed by atoms with Crippen molar-refractivity contribution < 1.29 is 0 Å². The molecule has 1 unspecified atom stereocenters. The van der Waals surface area contributed by atoms with Crippen LogP contribution in [-0.4, -0.2) is 24.6 Å². The van der Waals surface area contributed by atoms with Crippen LogP contribution in [0.25, 0.3) is 0 Å². The number of thioether (sulfide) groups is 1. The first-order valence-corrected chi connectivity index (χ1v) is 7.70. The quantitative estimate of drug-likeness (QED) is 0.639. The van der Waals surface area contributed by atoms with Crippen LogP contribution in [0.4, 0.5) is 0 Å². The zero-order chi connectivity index (χ0) is 11.3. The van der Waals surface area contributed by atoms with E-state index >= 15 is 0 Å². The standard InChI is InChI=1S/C13H27NS/c1-11(2)14-10-13(3,12-6-7-12)8-5-9-15-4/h11-12,14H,5-10H2,1-4H3. The largest absolute Gasteiger partial charge is 0.314 e. The van der Waals surface area contributed by atoms with Crippen molar-refractivity contribution >= 4 is 11.8 Å². The van der Waals surface area contributed by atoms with E-state index in [-0.39, 0.29) is 0 Å². The van der Waals surface area contributed by atoms with E-state index in [1.807, 2.05) is 11.8 Å². The van der Waals surface area contributed by atoms with Gasteiger partial charge in [-0.05, 0) is 49.0 Å². The van der Waals surface area contributed by atoms with Gasteiger partial charge in [0.15, 0.2) is 0 Å². The van der Waals surface area contributed by atoms with E-state index in [2.05, 4.69) is 32.3 Å². The van der Waals surface area contributed by atoms with Crippen molar-refractivity contribution in [3.05, 3.63) is 0 Å². The molecule has 0 aromatic carbocycles.